The van der Waals surface area contributed by atoms with Crippen molar-refractivity contribution in [3.8, 4) is 0 Å². The Kier molecular flexibility index (Phi) is 5.50. The minimum Gasteiger partial charge on any atom is -0.466 e. The molecule has 0 saturated carbocycles. The van der Waals surface area contributed by atoms with Crippen LogP contribution in [0.5, 0.6) is 0 Å². The number of carbonyl (C=O) groups excluding carboxylic acids is 2. The fourth-order valence-corrected chi connectivity index (χ4v) is 2.61. The highest BCUT2D eigenvalue weighted by molar-refractivity contribution is 5.95. The highest BCUT2D eigenvalue weighted by Gasteiger charge is 2.38. The van der Waals surface area contributed by atoms with Crippen LogP contribution in [0.3, 0.4) is 0 Å². The van der Waals surface area contributed by atoms with E-state index in [0.29, 0.717) is 0 Å². The third-order valence-electron chi connectivity index (χ3n) is 3.81. The van der Waals surface area contributed by atoms with Gasteiger partial charge in [0.2, 0.25) is 0 Å². The zero-order valence-corrected chi connectivity index (χ0v) is 13.6. The summed E-state index contributed by atoms with van der Waals surface area (Å²) in [5.41, 5.74) is -0.176. The van der Waals surface area contributed by atoms with Crippen LogP contribution in [-0.4, -0.2) is 44.3 Å². The fourth-order valence-electron chi connectivity index (χ4n) is 2.61. The molecule has 1 aliphatic rings. The van der Waals surface area contributed by atoms with Crippen LogP contribution in [0.15, 0.2) is 29.5 Å². The number of ether oxygens (including phenoxy) is 2. The Bertz CT molecular complexity index is 670. The van der Waals surface area contributed by atoms with Crippen LogP contribution >= 0.6 is 0 Å². The van der Waals surface area contributed by atoms with Crippen molar-refractivity contribution in [2.75, 3.05) is 27.4 Å². The van der Waals surface area contributed by atoms with Gasteiger partial charge in [-0.05, 0) is 19.1 Å². The molecule has 0 bridgehead atoms. The van der Waals surface area contributed by atoms with Gasteiger partial charge in [0.25, 0.3) is 0 Å². The van der Waals surface area contributed by atoms with Crippen molar-refractivity contribution in [1.82, 2.24) is 10.2 Å². The number of nitrogens with one attached hydrogen (secondary N) is 1. The second kappa shape index (κ2) is 7.39. The minimum atomic E-state index is -1.27. The number of hydrogen-bond donors (Lipinski definition) is 1. The molecule has 0 fully saturated rings. The number of hydrogen-bond acceptors (Lipinski definition) is 4. The van der Waals surface area contributed by atoms with E-state index in [1.54, 1.807) is 0 Å². The summed E-state index contributed by atoms with van der Waals surface area (Å²) in [4.78, 5) is 25.7. The van der Waals surface area contributed by atoms with Gasteiger partial charge < -0.3 is 14.8 Å². The van der Waals surface area contributed by atoms with E-state index >= 15 is 0 Å². The Morgan fingerprint density at radius 2 is 1.92 bits per heavy atom. The van der Waals surface area contributed by atoms with Crippen molar-refractivity contribution in [2.45, 2.75) is 13.0 Å². The number of urea groups is 1. The second-order valence-corrected chi connectivity index (χ2v) is 5.15. The first-order valence-corrected chi connectivity index (χ1v) is 7.22. The first-order chi connectivity index (χ1) is 11.4. The molecule has 1 aromatic carbocycles. The van der Waals surface area contributed by atoms with Crippen molar-refractivity contribution in [1.29, 1.82) is 0 Å². The molecule has 2 amide bonds. The molecular formula is C16H18F2N2O4. The Hall–Kier alpha value is -2.48. The van der Waals surface area contributed by atoms with Gasteiger partial charge in [0.15, 0.2) is 0 Å². The lowest BCUT2D eigenvalue weighted by Crippen LogP contribution is -2.49. The number of nitrogens with zero attached hydrogens (tertiary/aromatic N) is 1. The zero-order chi connectivity index (χ0) is 17.9. The van der Waals surface area contributed by atoms with Gasteiger partial charge in [-0.2, -0.15) is 0 Å². The number of esters is 1. The molecule has 1 aliphatic heterocycles. The molecule has 0 radical (unpaired) electrons. The third kappa shape index (κ3) is 3.23. The van der Waals surface area contributed by atoms with Crippen LogP contribution in [0.2, 0.25) is 0 Å². The highest BCUT2D eigenvalue weighted by Crippen LogP contribution is 2.33. The van der Waals surface area contributed by atoms with Gasteiger partial charge in [0.1, 0.15) is 11.6 Å². The molecule has 0 aromatic heterocycles. The summed E-state index contributed by atoms with van der Waals surface area (Å²) in [7, 11) is 2.63. The van der Waals surface area contributed by atoms with Crippen LogP contribution in [0.1, 0.15) is 18.5 Å². The van der Waals surface area contributed by atoms with Gasteiger partial charge in [0, 0.05) is 12.8 Å². The van der Waals surface area contributed by atoms with Crippen molar-refractivity contribution >= 4 is 12.0 Å². The summed E-state index contributed by atoms with van der Waals surface area (Å²) in [6.07, 6.45) is 0. The fraction of sp³-hybridized carbons (Fsp3) is 0.375. The average Bonchev–Trinajstić information content (AvgIpc) is 2.54. The summed E-state index contributed by atoms with van der Waals surface area (Å²) in [6, 6.07) is 1.48. The Morgan fingerprint density at radius 1 is 1.29 bits per heavy atom. The lowest BCUT2D eigenvalue weighted by atomic mass is 9.94. The Labute approximate surface area is 138 Å². The predicted molar refractivity (Wildman–Crippen MR) is 80.9 cm³/mol. The maximum absolute atomic E-state index is 14.1. The molecule has 1 heterocycles. The summed E-state index contributed by atoms with van der Waals surface area (Å²) in [6.45, 7) is 1.94. The maximum Gasteiger partial charge on any atom is 0.337 e. The van der Waals surface area contributed by atoms with E-state index < -0.39 is 35.2 Å². The normalized spacial score (nSPS) is 17.8. The number of carbonyl (C=O) groups is 2. The van der Waals surface area contributed by atoms with Crippen molar-refractivity contribution in [2.24, 2.45) is 0 Å². The SMILES string of the molecule is COCCN1C(=O)N[C@@H](c2c(F)cccc2F)C(C(=O)OC)=C1C. The van der Waals surface area contributed by atoms with Crippen LogP contribution < -0.4 is 5.32 Å². The summed E-state index contributed by atoms with van der Waals surface area (Å²) in [5, 5.41) is 2.46. The van der Waals surface area contributed by atoms with Crippen LogP contribution in [0.4, 0.5) is 13.6 Å². The molecular weight excluding hydrogens is 322 g/mol. The molecule has 1 aromatic rings. The molecule has 0 aliphatic carbocycles. The van der Waals surface area contributed by atoms with E-state index in [2.05, 4.69) is 5.32 Å². The molecule has 1 atom stereocenters. The van der Waals surface area contributed by atoms with Gasteiger partial charge in [-0.15, -0.1) is 0 Å². The molecule has 2 rings (SSSR count). The number of methoxy groups -OCH3 is 2. The molecule has 0 spiro atoms. The van der Waals surface area contributed by atoms with Gasteiger partial charge in [-0.25, -0.2) is 18.4 Å². The topological polar surface area (TPSA) is 67.9 Å². The van der Waals surface area contributed by atoms with Gasteiger partial charge in [0.05, 0.1) is 37.4 Å². The third-order valence-corrected chi connectivity index (χ3v) is 3.81. The molecule has 8 heteroatoms. The van der Waals surface area contributed by atoms with Gasteiger partial charge in [-0.1, -0.05) is 6.07 Å². The van der Waals surface area contributed by atoms with Crippen LogP contribution in [-0.2, 0) is 14.3 Å². The largest absolute Gasteiger partial charge is 0.466 e. The maximum atomic E-state index is 14.1. The standard InChI is InChI=1S/C16H18F2N2O4/c1-9-12(15(21)24-3)14(13-10(17)5-4-6-11(13)18)19-16(22)20(9)7-8-23-2/h4-6,14H,7-8H2,1-3H3,(H,19,22)/t14-/m1/s1. The van der Waals surface area contributed by atoms with E-state index in [1.165, 1.54) is 25.0 Å². The van der Waals surface area contributed by atoms with E-state index in [4.69, 9.17) is 9.47 Å². The smallest absolute Gasteiger partial charge is 0.337 e. The Balaban J connectivity index is 2.57. The van der Waals surface area contributed by atoms with Crippen LogP contribution in [0, 0.1) is 11.6 Å². The second-order valence-electron chi connectivity index (χ2n) is 5.15. The number of allylic oxidation sites excluding steroid dienone is 1. The van der Waals surface area contributed by atoms with Crippen molar-refractivity contribution in [3.05, 3.63) is 46.7 Å². The number of benzene rings is 1. The highest BCUT2D eigenvalue weighted by atomic mass is 19.1. The number of halogens is 2. The average molecular weight is 340 g/mol. The summed E-state index contributed by atoms with van der Waals surface area (Å²) in [5.74, 6) is -2.50. The number of amides is 2. The first kappa shape index (κ1) is 17.9. The molecule has 1 N–H and O–H groups in total. The van der Waals surface area contributed by atoms with E-state index in [9.17, 15) is 18.4 Å². The predicted octanol–water partition coefficient (Wildman–Crippen LogP) is 2.12. The van der Waals surface area contributed by atoms with Crippen LogP contribution in [0.25, 0.3) is 0 Å². The molecule has 0 saturated heterocycles. The molecule has 0 unspecified atom stereocenters. The van der Waals surface area contributed by atoms with E-state index in [1.807, 2.05) is 0 Å². The summed E-state index contributed by atoms with van der Waals surface area (Å²) < 4.78 is 37.9. The minimum absolute atomic E-state index is 0.0304. The van der Waals surface area contributed by atoms with Gasteiger partial charge in [-0.3, -0.25) is 4.90 Å². The van der Waals surface area contributed by atoms with E-state index in [-0.39, 0.29) is 24.4 Å². The van der Waals surface area contributed by atoms with Gasteiger partial charge >= 0.3 is 12.0 Å². The van der Waals surface area contributed by atoms with E-state index in [0.717, 1.165) is 19.2 Å². The monoisotopic (exact) mass is 340 g/mol. The zero-order valence-electron chi connectivity index (χ0n) is 13.6. The van der Waals surface area contributed by atoms with Crippen molar-refractivity contribution in [3.63, 3.8) is 0 Å². The van der Waals surface area contributed by atoms with Crippen molar-refractivity contribution < 1.29 is 27.8 Å². The lowest BCUT2D eigenvalue weighted by molar-refractivity contribution is -0.136. The summed E-state index contributed by atoms with van der Waals surface area (Å²) >= 11 is 0. The lowest BCUT2D eigenvalue weighted by Gasteiger charge is -2.35. The Morgan fingerprint density at radius 3 is 2.46 bits per heavy atom. The molecule has 24 heavy (non-hydrogen) atoms. The number of rotatable bonds is 5. The molecule has 6 nitrogen and oxygen atoms in total. The quantitative estimate of drug-likeness (QED) is 0.834. The molecule has 130 valence electrons. The first-order valence-electron chi connectivity index (χ1n) is 7.22.